The number of hydrogen-bond donors (Lipinski definition) is 1. The van der Waals surface area contributed by atoms with Crippen LogP contribution in [-0.4, -0.2) is 68.1 Å². The Morgan fingerprint density at radius 3 is 2.11 bits per heavy atom. The van der Waals surface area contributed by atoms with Crippen LogP contribution in [-0.2, 0) is 11.0 Å². The van der Waals surface area contributed by atoms with Crippen molar-refractivity contribution in [3.05, 3.63) is 53.6 Å². The molecule has 1 saturated heterocycles. The van der Waals surface area contributed by atoms with Crippen molar-refractivity contribution in [3.63, 3.8) is 0 Å². The summed E-state index contributed by atoms with van der Waals surface area (Å²) in [5, 5.41) is 3.00. The van der Waals surface area contributed by atoms with E-state index in [4.69, 9.17) is 9.47 Å². The molecule has 2 aliphatic rings. The number of ether oxygens (including phenoxy) is 2. The van der Waals surface area contributed by atoms with E-state index in [2.05, 4.69) is 10.2 Å². The summed E-state index contributed by atoms with van der Waals surface area (Å²) in [7, 11) is 3.07. The summed E-state index contributed by atoms with van der Waals surface area (Å²) >= 11 is 0. The Morgan fingerprint density at radius 1 is 0.946 bits per heavy atom. The van der Waals surface area contributed by atoms with Crippen molar-refractivity contribution in [2.75, 3.05) is 45.7 Å². The molecule has 1 saturated carbocycles. The Kier molecular flexibility index (Phi) is 8.26. The number of benzene rings is 2. The van der Waals surface area contributed by atoms with Gasteiger partial charge in [-0.05, 0) is 30.9 Å². The second-order valence-corrected chi connectivity index (χ2v) is 9.45. The summed E-state index contributed by atoms with van der Waals surface area (Å²) in [5.74, 6) is 0.486. The van der Waals surface area contributed by atoms with Gasteiger partial charge in [0.1, 0.15) is 11.5 Å². The number of rotatable bonds is 7. The molecule has 1 atom stereocenters. The van der Waals surface area contributed by atoms with Gasteiger partial charge in [-0.2, -0.15) is 13.2 Å². The molecule has 2 aromatic rings. The second kappa shape index (κ2) is 11.4. The lowest BCUT2D eigenvalue weighted by molar-refractivity contribution is -0.138. The highest BCUT2D eigenvalue weighted by Crippen LogP contribution is 2.34. The van der Waals surface area contributed by atoms with Gasteiger partial charge in [-0.25, -0.2) is 0 Å². The van der Waals surface area contributed by atoms with Crippen LogP contribution in [0.3, 0.4) is 0 Å². The largest absolute Gasteiger partial charge is 0.497 e. The highest BCUT2D eigenvalue weighted by molar-refractivity contribution is 5.96. The number of hydrogen-bond acceptors (Lipinski definition) is 5. The molecule has 1 heterocycles. The molecule has 200 valence electrons. The number of carbonyl (C=O) groups is 2. The first kappa shape index (κ1) is 26.8. The first-order chi connectivity index (χ1) is 17.7. The Labute approximate surface area is 214 Å². The molecule has 0 aromatic heterocycles. The van der Waals surface area contributed by atoms with Crippen LogP contribution in [0.1, 0.15) is 41.6 Å². The minimum Gasteiger partial charge on any atom is -0.497 e. The second-order valence-electron chi connectivity index (χ2n) is 9.45. The Hall–Kier alpha value is -3.27. The summed E-state index contributed by atoms with van der Waals surface area (Å²) in [6.07, 6.45) is -0.653. The Morgan fingerprint density at radius 2 is 1.54 bits per heavy atom. The van der Waals surface area contributed by atoms with Crippen LogP contribution < -0.4 is 14.8 Å². The van der Waals surface area contributed by atoms with E-state index in [1.54, 1.807) is 18.2 Å². The number of carbonyl (C=O) groups excluding carboxylic acids is 2. The average molecular weight is 520 g/mol. The number of nitrogens with zero attached hydrogens (tertiary/aromatic N) is 2. The predicted molar refractivity (Wildman–Crippen MR) is 133 cm³/mol. The fraction of sp³-hybridized carbons (Fsp3) is 0.481. The molecule has 2 fully saturated rings. The van der Waals surface area contributed by atoms with Crippen molar-refractivity contribution < 1.29 is 32.2 Å². The summed E-state index contributed by atoms with van der Waals surface area (Å²) in [6, 6.07) is 9.62. The van der Waals surface area contributed by atoms with Crippen LogP contribution in [0.4, 0.5) is 18.9 Å². The molecular formula is C27H32F3N3O4. The molecule has 7 nitrogen and oxygen atoms in total. The third-order valence-corrected chi connectivity index (χ3v) is 7.19. The SMILES string of the molecule is COc1cc(NC(=O)C(C2CCCC2)N2CCN(C(=O)c3ccccc3C(F)(F)F)CC2)cc(OC)c1. The number of anilines is 1. The highest BCUT2D eigenvalue weighted by atomic mass is 19.4. The Balaban J connectivity index is 1.48. The molecule has 0 spiro atoms. The zero-order valence-electron chi connectivity index (χ0n) is 21.0. The third-order valence-electron chi connectivity index (χ3n) is 7.19. The summed E-state index contributed by atoms with van der Waals surface area (Å²) in [6.45, 7) is 1.29. The molecule has 0 bridgehead atoms. The molecular weight excluding hydrogens is 487 g/mol. The average Bonchev–Trinajstić information content (AvgIpc) is 3.42. The normalized spacial score (nSPS) is 17.9. The van der Waals surface area contributed by atoms with Gasteiger partial charge >= 0.3 is 6.18 Å². The lowest BCUT2D eigenvalue weighted by Crippen LogP contribution is -2.57. The van der Waals surface area contributed by atoms with Crippen molar-refractivity contribution in [2.24, 2.45) is 5.92 Å². The van der Waals surface area contributed by atoms with Gasteiger partial charge in [0.15, 0.2) is 0 Å². The van der Waals surface area contributed by atoms with E-state index in [1.807, 2.05) is 0 Å². The summed E-state index contributed by atoms with van der Waals surface area (Å²) in [4.78, 5) is 30.1. The lowest BCUT2D eigenvalue weighted by Gasteiger charge is -2.41. The quantitative estimate of drug-likeness (QED) is 0.576. The zero-order chi connectivity index (χ0) is 26.6. The van der Waals surface area contributed by atoms with Crippen LogP contribution in [0.5, 0.6) is 11.5 Å². The van der Waals surface area contributed by atoms with Gasteiger partial charge in [0.25, 0.3) is 5.91 Å². The summed E-state index contributed by atoms with van der Waals surface area (Å²) < 4.78 is 50.9. The fourth-order valence-electron chi connectivity index (χ4n) is 5.34. The van der Waals surface area contributed by atoms with E-state index in [0.29, 0.717) is 30.3 Å². The third kappa shape index (κ3) is 6.18. The molecule has 1 aliphatic heterocycles. The molecule has 1 aliphatic carbocycles. The van der Waals surface area contributed by atoms with E-state index in [1.165, 1.54) is 37.3 Å². The maximum Gasteiger partial charge on any atom is 0.417 e. The molecule has 0 radical (unpaired) electrons. The standard InChI is InChI=1S/C27H32F3N3O4/c1-36-20-15-19(16-21(17-20)37-2)31-25(34)24(18-7-3-4-8-18)32-11-13-33(14-12-32)26(35)22-9-5-6-10-23(22)27(28,29)30/h5-6,9-10,15-18,24H,3-4,7-8,11-14H2,1-2H3,(H,31,34). The van der Waals surface area contributed by atoms with E-state index in [-0.39, 0.29) is 30.5 Å². The van der Waals surface area contributed by atoms with Crippen molar-refractivity contribution in [2.45, 2.75) is 37.9 Å². The first-order valence-electron chi connectivity index (χ1n) is 12.4. The number of methoxy groups -OCH3 is 2. The van der Waals surface area contributed by atoms with Crippen LogP contribution in [0.25, 0.3) is 0 Å². The van der Waals surface area contributed by atoms with Crippen LogP contribution in [0, 0.1) is 5.92 Å². The van der Waals surface area contributed by atoms with Crippen LogP contribution >= 0.6 is 0 Å². The van der Waals surface area contributed by atoms with E-state index >= 15 is 0 Å². The smallest absolute Gasteiger partial charge is 0.417 e. The molecule has 10 heteroatoms. The number of alkyl halides is 3. The molecule has 1 N–H and O–H groups in total. The topological polar surface area (TPSA) is 71.1 Å². The van der Waals surface area contributed by atoms with Gasteiger partial charge in [0.05, 0.1) is 31.4 Å². The number of piperazine rings is 1. The van der Waals surface area contributed by atoms with Crippen molar-refractivity contribution in [1.82, 2.24) is 9.80 Å². The monoisotopic (exact) mass is 519 g/mol. The number of nitrogens with one attached hydrogen (secondary N) is 1. The van der Waals surface area contributed by atoms with Gasteiger partial charge in [-0.3, -0.25) is 14.5 Å². The van der Waals surface area contributed by atoms with E-state index in [9.17, 15) is 22.8 Å². The minimum absolute atomic E-state index is 0.149. The minimum atomic E-state index is -4.61. The molecule has 2 amide bonds. The molecule has 1 unspecified atom stereocenters. The Bertz CT molecular complexity index is 1090. The zero-order valence-corrected chi connectivity index (χ0v) is 21.0. The van der Waals surface area contributed by atoms with Crippen LogP contribution in [0.2, 0.25) is 0 Å². The van der Waals surface area contributed by atoms with Gasteiger partial charge < -0.3 is 19.7 Å². The molecule has 4 rings (SSSR count). The van der Waals surface area contributed by atoms with Crippen molar-refractivity contribution in [1.29, 1.82) is 0 Å². The lowest BCUT2D eigenvalue weighted by atomic mass is 9.94. The molecule has 2 aromatic carbocycles. The fourth-order valence-corrected chi connectivity index (χ4v) is 5.34. The van der Waals surface area contributed by atoms with E-state index in [0.717, 1.165) is 31.7 Å². The first-order valence-corrected chi connectivity index (χ1v) is 12.4. The predicted octanol–water partition coefficient (Wildman–Crippen LogP) is 4.68. The maximum absolute atomic E-state index is 13.6. The van der Waals surface area contributed by atoms with Crippen molar-refractivity contribution in [3.8, 4) is 11.5 Å². The van der Waals surface area contributed by atoms with Crippen LogP contribution in [0.15, 0.2) is 42.5 Å². The van der Waals surface area contributed by atoms with E-state index < -0.39 is 23.7 Å². The number of halogens is 3. The summed E-state index contributed by atoms with van der Waals surface area (Å²) in [5.41, 5.74) is -0.721. The number of amides is 2. The maximum atomic E-state index is 13.6. The van der Waals surface area contributed by atoms with Gasteiger partial charge in [-0.1, -0.05) is 25.0 Å². The van der Waals surface area contributed by atoms with Gasteiger partial charge in [-0.15, -0.1) is 0 Å². The molecule has 37 heavy (non-hydrogen) atoms. The van der Waals surface area contributed by atoms with Crippen molar-refractivity contribution >= 4 is 17.5 Å². The van der Waals surface area contributed by atoms with Gasteiger partial charge in [0.2, 0.25) is 5.91 Å². The highest BCUT2D eigenvalue weighted by Gasteiger charge is 2.39. The van der Waals surface area contributed by atoms with Gasteiger partial charge in [0, 0.05) is 50.1 Å².